The third-order valence-electron chi connectivity index (χ3n) is 4.14. The van der Waals surface area contributed by atoms with Crippen LogP contribution >= 0.6 is 0 Å². The van der Waals surface area contributed by atoms with Crippen molar-refractivity contribution in [2.75, 3.05) is 13.1 Å². The summed E-state index contributed by atoms with van der Waals surface area (Å²) in [6, 6.07) is 2.33. The number of amides is 2. The topological polar surface area (TPSA) is 58.6 Å². The Morgan fingerprint density at radius 1 is 1.16 bits per heavy atom. The largest absolute Gasteiger partial charge is 0.372 e. The van der Waals surface area contributed by atoms with E-state index in [-0.39, 0.29) is 24.0 Å². The van der Waals surface area contributed by atoms with Crippen molar-refractivity contribution in [1.29, 1.82) is 0 Å². The van der Waals surface area contributed by atoms with Crippen LogP contribution in [0.25, 0.3) is 0 Å². The van der Waals surface area contributed by atoms with Crippen molar-refractivity contribution in [2.45, 2.75) is 45.9 Å². The van der Waals surface area contributed by atoms with Crippen molar-refractivity contribution in [3.8, 4) is 0 Å². The van der Waals surface area contributed by atoms with Crippen LogP contribution in [-0.4, -0.2) is 48.1 Å². The van der Waals surface area contributed by atoms with Gasteiger partial charge >= 0.3 is 0 Å². The number of hydrogen-bond acceptors (Lipinski definition) is 3. The lowest BCUT2D eigenvalue weighted by Crippen LogP contribution is -2.56. The number of carbonyl (C=O) groups excluding carboxylic acids is 2. The molecule has 25 heavy (non-hydrogen) atoms. The second-order valence-corrected chi connectivity index (χ2v) is 6.79. The summed E-state index contributed by atoms with van der Waals surface area (Å²) in [4.78, 5) is 26.8. The first-order chi connectivity index (χ1) is 11.7. The van der Waals surface area contributed by atoms with E-state index in [2.05, 4.69) is 5.32 Å². The van der Waals surface area contributed by atoms with Crippen LogP contribution in [0.1, 0.15) is 38.1 Å². The maximum Gasteiger partial charge on any atom is 0.257 e. The van der Waals surface area contributed by atoms with Gasteiger partial charge in [-0.3, -0.25) is 9.59 Å². The highest BCUT2D eigenvalue weighted by Gasteiger charge is 2.34. The Morgan fingerprint density at radius 3 is 2.16 bits per heavy atom. The molecule has 0 aromatic heterocycles. The average molecular weight is 354 g/mol. The molecule has 1 aromatic carbocycles. The van der Waals surface area contributed by atoms with Gasteiger partial charge in [-0.05, 0) is 31.9 Å². The van der Waals surface area contributed by atoms with Crippen molar-refractivity contribution < 1.29 is 23.1 Å². The smallest absolute Gasteiger partial charge is 0.257 e. The number of halogens is 2. The number of carbonyl (C=O) groups is 2. The van der Waals surface area contributed by atoms with Crippen LogP contribution in [0.4, 0.5) is 8.78 Å². The van der Waals surface area contributed by atoms with Gasteiger partial charge in [-0.1, -0.05) is 19.9 Å². The van der Waals surface area contributed by atoms with Crippen LogP contribution in [0, 0.1) is 17.6 Å². The summed E-state index contributed by atoms with van der Waals surface area (Å²) in [5.41, 5.74) is -0.676. The van der Waals surface area contributed by atoms with E-state index in [1.54, 1.807) is 18.7 Å². The number of nitrogens with one attached hydrogen (secondary N) is 1. The molecule has 0 aliphatic carbocycles. The minimum atomic E-state index is -0.957. The van der Waals surface area contributed by atoms with E-state index in [9.17, 15) is 18.4 Å². The van der Waals surface area contributed by atoms with Gasteiger partial charge < -0.3 is 15.0 Å². The molecule has 2 amide bonds. The number of morpholine rings is 1. The fourth-order valence-electron chi connectivity index (χ4n) is 3.00. The molecular formula is C18H24F2N2O3. The molecule has 0 unspecified atom stereocenters. The second kappa shape index (κ2) is 7.91. The fourth-order valence-corrected chi connectivity index (χ4v) is 3.00. The maximum atomic E-state index is 13.8. The third-order valence-corrected chi connectivity index (χ3v) is 4.14. The summed E-state index contributed by atoms with van der Waals surface area (Å²) in [5, 5.41) is 2.49. The van der Waals surface area contributed by atoms with E-state index in [4.69, 9.17) is 4.74 Å². The highest BCUT2D eigenvalue weighted by atomic mass is 19.1. The van der Waals surface area contributed by atoms with Crippen molar-refractivity contribution in [3.05, 3.63) is 35.4 Å². The molecule has 0 radical (unpaired) electrons. The van der Waals surface area contributed by atoms with Gasteiger partial charge in [0.05, 0.1) is 12.2 Å². The van der Waals surface area contributed by atoms with Crippen molar-refractivity contribution in [2.24, 2.45) is 5.92 Å². The minimum Gasteiger partial charge on any atom is -0.372 e. The van der Waals surface area contributed by atoms with Crippen LogP contribution in [-0.2, 0) is 9.53 Å². The van der Waals surface area contributed by atoms with E-state index in [1.165, 1.54) is 6.07 Å². The summed E-state index contributed by atoms with van der Waals surface area (Å²) < 4.78 is 33.2. The molecule has 1 aromatic rings. The lowest BCUT2D eigenvalue weighted by atomic mass is 10.0. The summed E-state index contributed by atoms with van der Waals surface area (Å²) in [6.07, 6.45) is -0.222. The van der Waals surface area contributed by atoms with Gasteiger partial charge in [0.1, 0.15) is 23.2 Å². The molecular weight excluding hydrogens is 330 g/mol. The molecule has 1 heterocycles. The standard InChI is InChI=1S/C18H24F2N2O3/c1-10(2)16(18(24)22-8-11(3)25-12(4)9-22)21-17(23)15-13(19)6-5-7-14(15)20/h5-7,10-12,16H,8-9H2,1-4H3,(H,21,23)/t11-,12-,16+/m0/s1. The Hall–Kier alpha value is -2.02. The minimum absolute atomic E-state index is 0.111. The Balaban J connectivity index is 2.18. The zero-order valence-corrected chi connectivity index (χ0v) is 14.9. The van der Waals surface area contributed by atoms with Crippen LogP contribution in [0.2, 0.25) is 0 Å². The molecule has 1 fully saturated rings. The summed E-state index contributed by atoms with van der Waals surface area (Å²) >= 11 is 0. The molecule has 3 atom stereocenters. The van der Waals surface area contributed by atoms with Gasteiger partial charge in [-0.15, -0.1) is 0 Å². The average Bonchev–Trinajstić information content (AvgIpc) is 2.50. The van der Waals surface area contributed by atoms with E-state index < -0.39 is 29.1 Å². The highest BCUT2D eigenvalue weighted by molar-refractivity contribution is 5.98. The van der Waals surface area contributed by atoms with Crippen LogP contribution in [0.15, 0.2) is 18.2 Å². The Labute approximate surface area is 146 Å². The molecule has 1 aliphatic rings. The Kier molecular flexibility index (Phi) is 6.11. The van der Waals surface area contributed by atoms with E-state index in [0.29, 0.717) is 13.1 Å². The second-order valence-electron chi connectivity index (χ2n) is 6.79. The van der Waals surface area contributed by atoms with Gasteiger partial charge in [-0.2, -0.15) is 0 Å². The van der Waals surface area contributed by atoms with E-state index >= 15 is 0 Å². The van der Waals surface area contributed by atoms with E-state index in [0.717, 1.165) is 12.1 Å². The van der Waals surface area contributed by atoms with Crippen LogP contribution in [0.3, 0.4) is 0 Å². The quantitative estimate of drug-likeness (QED) is 0.903. The maximum absolute atomic E-state index is 13.8. The molecule has 7 heteroatoms. The zero-order valence-electron chi connectivity index (χ0n) is 14.9. The van der Waals surface area contributed by atoms with Crippen molar-refractivity contribution in [1.82, 2.24) is 10.2 Å². The third kappa shape index (κ3) is 4.54. The molecule has 1 aliphatic heterocycles. The molecule has 5 nitrogen and oxygen atoms in total. The van der Waals surface area contributed by atoms with E-state index in [1.807, 2.05) is 13.8 Å². The number of nitrogens with zero attached hydrogens (tertiary/aromatic N) is 1. The predicted octanol–water partition coefficient (Wildman–Crippen LogP) is 2.36. The first-order valence-corrected chi connectivity index (χ1v) is 8.39. The molecule has 138 valence electrons. The predicted molar refractivity (Wildman–Crippen MR) is 89.0 cm³/mol. The molecule has 0 bridgehead atoms. The first-order valence-electron chi connectivity index (χ1n) is 8.39. The van der Waals surface area contributed by atoms with Gasteiger partial charge in [0.2, 0.25) is 5.91 Å². The van der Waals surface area contributed by atoms with Gasteiger partial charge in [0.15, 0.2) is 0 Å². The number of ether oxygens (including phenoxy) is 1. The molecule has 0 spiro atoms. The van der Waals surface area contributed by atoms with Crippen LogP contribution in [0.5, 0.6) is 0 Å². The summed E-state index contributed by atoms with van der Waals surface area (Å²) in [6.45, 7) is 8.11. The van der Waals surface area contributed by atoms with Gasteiger partial charge in [-0.25, -0.2) is 8.78 Å². The van der Waals surface area contributed by atoms with Gasteiger partial charge in [0.25, 0.3) is 5.91 Å². The Morgan fingerprint density at radius 2 is 1.68 bits per heavy atom. The zero-order chi connectivity index (χ0) is 18.7. The summed E-state index contributed by atoms with van der Waals surface area (Å²) in [7, 11) is 0. The first kappa shape index (κ1) is 19.3. The normalized spacial score (nSPS) is 22.0. The van der Waals surface area contributed by atoms with Crippen molar-refractivity contribution in [3.63, 3.8) is 0 Å². The number of rotatable bonds is 4. The number of benzene rings is 1. The fraction of sp³-hybridized carbons (Fsp3) is 0.556. The molecule has 0 saturated carbocycles. The van der Waals surface area contributed by atoms with Crippen molar-refractivity contribution >= 4 is 11.8 Å². The van der Waals surface area contributed by atoms with Crippen LogP contribution < -0.4 is 5.32 Å². The monoisotopic (exact) mass is 354 g/mol. The highest BCUT2D eigenvalue weighted by Crippen LogP contribution is 2.17. The molecule has 1 saturated heterocycles. The van der Waals surface area contributed by atoms with Gasteiger partial charge in [0, 0.05) is 13.1 Å². The lowest BCUT2D eigenvalue weighted by Gasteiger charge is -2.38. The lowest BCUT2D eigenvalue weighted by molar-refractivity contribution is -0.146. The number of hydrogen-bond donors (Lipinski definition) is 1. The SMILES string of the molecule is CC(C)[C@@H](NC(=O)c1c(F)cccc1F)C(=O)N1C[C@H](C)O[C@@H](C)C1. The molecule has 2 rings (SSSR count). The Bertz CT molecular complexity index is 621. The summed E-state index contributed by atoms with van der Waals surface area (Å²) in [5.74, 6) is -3.36. The molecule has 1 N–H and O–H groups in total.